The molecule has 0 atom stereocenters. The van der Waals surface area contributed by atoms with Crippen LogP contribution in [-0.4, -0.2) is 12.5 Å². The van der Waals surface area contributed by atoms with Gasteiger partial charge in [0.1, 0.15) is 0 Å². The maximum absolute atomic E-state index is 11.9. The Morgan fingerprint density at radius 1 is 1.47 bits per heavy atom. The lowest BCUT2D eigenvalue weighted by Crippen LogP contribution is -2.25. The van der Waals surface area contributed by atoms with Crippen molar-refractivity contribution in [2.75, 3.05) is 12.3 Å². The Balaban J connectivity index is 2.49. The molecule has 0 saturated heterocycles. The van der Waals surface area contributed by atoms with Crippen LogP contribution < -0.4 is 11.1 Å². The van der Waals surface area contributed by atoms with E-state index in [1.165, 1.54) is 0 Å². The third kappa shape index (κ3) is 4.77. The molecule has 1 aromatic rings. The lowest BCUT2D eigenvalue weighted by atomic mass is 10.1. The van der Waals surface area contributed by atoms with Gasteiger partial charge in [0.2, 0.25) is 0 Å². The van der Waals surface area contributed by atoms with E-state index in [1.54, 1.807) is 18.2 Å². The molecule has 0 heterocycles. The maximum atomic E-state index is 11.9. The Hall–Kier alpha value is -1.03. The zero-order chi connectivity index (χ0) is 12.8. The third-order valence-electron chi connectivity index (χ3n) is 2.48. The molecule has 0 unspecified atom stereocenters. The number of benzene rings is 1. The second-order valence-electron chi connectivity index (χ2n) is 4.53. The summed E-state index contributed by atoms with van der Waals surface area (Å²) in [6.45, 7) is 5.06. The van der Waals surface area contributed by atoms with Gasteiger partial charge in [-0.05, 0) is 52.9 Å². The van der Waals surface area contributed by atoms with E-state index in [0.717, 1.165) is 17.3 Å². The largest absolute Gasteiger partial charge is 0.399 e. The minimum atomic E-state index is -0.0760. The average Bonchev–Trinajstić information content (AvgIpc) is 2.27. The summed E-state index contributed by atoms with van der Waals surface area (Å²) in [5.74, 6) is 0.596. The van der Waals surface area contributed by atoms with Gasteiger partial charge in [-0.25, -0.2) is 0 Å². The third-order valence-corrected chi connectivity index (χ3v) is 3.17. The molecule has 94 valence electrons. The smallest absolute Gasteiger partial charge is 0.252 e. The number of hydrogen-bond acceptors (Lipinski definition) is 2. The molecule has 0 aliphatic carbocycles. The SMILES string of the molecule is CC(C)CCCNC(=O)c1cc(N)ccc1Br. The van der Waals surface area contributed by atoms with Crippen molar-refractivity contribution in [2.24, 2.45) is 5.92 Å². The van der Waals surface area contributed by atoms with Crippen molar-refractivity contribution < 1.29 is 4.79 Å². The van der Waals surface area contributed by atoms with Crippen LogP contribution in [0.5, 0.6) is 0 Å². The molecule has 0 saturated carbocycles. The molecule has 1 rings (SSSR count). The van der Waals surface area contributed by atoms with Gasteiger partial charge in [-0.1, -0.05) is 13.8 Å². The normalized spacial score (nSPS) is 10.6. The first-order valence-corrected chi connectivity index (χ1v) is 6.63. The van der Waals surface area contributed by atoms with Crippen molar-refractivity contribution in [3.05, 3.63) is 28.2 Å². The minimum Gasteiger partial charge on any atom is -0.399 e. The molecule has 0 radical (unpaired) electrons. The van der Waals surface area contributed by atoms with Gasteiger partial charge in [-0.15, -0.1) is 0 Å². The van der Waals surface area contributed by atoms with Crippen LogP contribution in [0.1, 0.15) is 37.0 Å². The standard InChI is InChI=1S/C13H19BrN2O/c1-9(2)4-3-7-16-13(17)11-8-10(15)5-6-12(11)14/h5-6,8-9H,3-4,7,15H2,1-2H3,(H,16,17). The van der Waals surface area contributed by atoms with Gasteiger partial charge >= 0.3 is 0 Å². The lowest BCUT2D eigenvalue weighted by Gasteiger charge is -2.08. The fourth-order valence-corrected chi connectivity index (χ4v) is 1.95. The topological polar surface area (TPSA) is 55.1 Å². The fraction of sp³-hybridized carbons (Fsp3) is 0.462. The van der Waals surface area contributed by atoms with Gasteiger partial charge < -0.3 is 11.1 Å². The van der Waals surface area contributed by atoms with E-state index >= 15 is 0 Å². The number of hydrogen-bond donors (Lipinski definition) is 2. The molecule has 0 fully saturated rings. The highest BCUT2D eigenvalue weighted by molar-refractivity contribution is 9.10. The molecule has 0 aliphatic rings. The maximum Gasteiger partial charge on any atom is 0.252 e. The van der Waals surface area contributed by atoms with Crippen molar-refractivity contribution in [1.82, 2.24) is 5.32 Å². The van der Waals surface area contributed by atoms with Gasteiger partial charge in [0.05, 0.1) is 5.56 Å². The number of carbonyl (C=O) groups is 1. The highest BCUT2D eigenvalue weighted by atomic mass is 79.9. The summed E-state index contributed by atoms with van der Waals surface area (Å²) in [6, 6.07) is 5.24. The molecular weight excluding hydrogens is 280 g/mol. The number of nitrogen functional groups attached to an aromatic ring is 1. The van der Waals surface area contributed by atoms with E-state index < -0.39 is 0 Å². The fourth-order valence-electron chi connectivity index (χ4n) is 1.52. The number of halogens is 1. The minimum absolute atomic E-state index is 0.0760. The number of nitrogens with two attached hydrogens (primary N) is 1. The van der Waals surface area contributed by atoms with E-state index in [0.29, 0.717) is 23.7 Å². The van der Waals surface area contributed by atoms with Crippen LogP contribution in [0, 0.1) is 5.92 Å². The van der Waals surface area contributed by atoms with Crippen LogP contribution >= 0.6 is 15.9 Å². The van der Waals surface area contributed by atoms with Crippen LogP contribution in [0.3, 0.4) is 0 Å². The van der Waals surface area contributed by atoms with E-state index in [-0.39, 0.29) is 5.91 Å². The van der Waals surface area contributed by atoms with Gasteiger partial charge in [0.15, 0.2) is 0 Å². The number of nitrogens with one attached hydrogen (secondary N) is 1. The Morgan fingerprint density at radius 3 is 2.82 bits per heavy atom. The lowest BCUT2D eigenvalue weighted by molar-refractivity contribution is 0.0952. The summed E-state index contributed by atoms with van der Waals surface area (Å²) in [4.78, 5) is 11.9. The predicted molar refractivity (Wildman–Crippen MR) is 75.0 cm³/mol. The molecule has 1 amide bonds. The van der Waals surface area contributed by atoms with Crippen molar-refractivity contribution in [1.29, 1.82) is 0 Å². The molecule has 0 bridgehead atoms. The predicted octanol–water partition coefficient (Wildman–Crippen LogP) is 3.20. The summed E-state index contributed by atoms with van der Waals surface area (Å²) < 4.78 is 0.771. The Kier molecular flexibility index (Phi) is 5.48. The van der Waals surface area contributed by atoms with Gasteiger partial charge in [-0.3, -0.25) is 4.79 Å². The summed E-state index contributed by atoms with van der Waals surface area (Å²) in [7, 11) is 0. The number of carbonyl (C=O) groups excluding carboxylic acids is 1. The molecule has 17 heavy (non-hydrogen) atoms. The summed E-state index contributed by atoms with van der Waals surface area (Å²) >= 11 is 3.35. The van der Waals surface area contributed by atoms with E-state index in [4.69, 9.17) is 5.73 Å². The summed E-state index contributed by atoms with van der Waals surface area (Å²) in [5.41, 5.74) is 6.85. The van der Waals surface area contributed by atoms with Crippen LogP contribution in [0.25, 0.3) is 0 Å². The number of anilines is 1. The summed E-state index contributed by atoms with van der Waals surface area (Å²) in [6.07, 6.45) is 2.13. The first-order valence-electron chi connectivity index (χ1n) is 5.84. The molecule has 3 N–H and O–H groups in total. The highest BCUT2D eigenvalue weighted by Crippen LogP contribution is 2.19. The quantitative estimate of drug-likeness (QED) is 0.648. The molecule has 0 spiro atoms. The van der Waals surface area contributed by atoms with Crippen LogP contribution in [-0.2, 0) is 0 Å². The van der Waals surface area contributed by atoms with E-state index in [9.17, 15) is 4.79 Å². The highest BCUT2D eigenvalue weighted by Gasteiger charge is 2.09. The van der Waals surface area contributed by atoms with Crippen LogP contribution in [0.2, 0.25) is 0 Å². The zero-order valence-corrected chi connectivity index (χ0v) is 11.9. The van der Waals surface area contributed by atoms with Gasteiger partial charge in [-0.2, -0.15) is 0 Å². The summed E-state index contributed by atoms with van der Waals surface area (Å²) in [5, 5.41) is 2.90. The van der Waals surface area contributed by atoms with Crippen LogP contribution in [0.15, 0.2) is 22.7 Å². The first kappa shape index (κ1) is 14.0. The van der Waals surface area contributed by atoms with Gasteiger partial charge in [0, 0.05) is 16.7 Å². The van der Waals surface area contributed by atoms with E-state index in [1.807, 2.05) is 0 Å². The Labute approximate surface area is 111 Å². The van der Waals surface area contributed by atoms with Gasteiger partial charge in [0.25, 0.3) is 5.91 Å². The second-order valence-corrected chi connectivity index (χ2v) is 5.39. The molecule has 3 nitrogen and oxygen atoms in total. The molecule has 4 heteroatoms. The second kappa shape index (κ2) is 6.64. The Bertz CT molecular complexity index is 391. The van der Waals surface area contributed by atoms with Crippen molar-refractivity contribution >= 4 is 27.5 Å². The zero-order valence-electron chi connectivity index (χ0n) is 10.3. The van der Waals surface area contributed by atoms with E-state index in [2.05, 4.69) is 35.1 Å². The van der Waals surface area contributed by atoms with Crippen molar-refractivity contribution in [3.8, 4) is 0 Å². The Morgan fingerprint density at radius 2 is 2.18 bits per heavy atom. The number of amides is 1. The number of rotatable bonds is 5. The monoisotopic (exact) mass is 298 g/mol. The molecule has 0 aromatic heterocycles. The average molecular weight is 299 g/mol. The van der Waals surface area contributed by atoms with Crippen molar-refractivity contribution in [3.63, 3.8) is 0 Å². The van der Waals surface area contributed by atoms with Crippen molar-refractivity contribution in [2.45, 2.75) is 26.7 Å². The first-order chi connectivity index (χ1) is 8.00. The molecule has 0 aliphatic heterocycles. The molecular formula is C13H19BrN2O. The molecule has 1 aromatic carbocycles. The van der Waals surface area contributed by atoms with Crippen LogP contribution in [0.4, 0.5) is 5.69 Å².